The van der Waals surface area contributed by atoms with Crippen LogP contribution in [-0.2, 0) is 17.9 Å². The second kappa shape index (κ2) is 10.1. The van der Waals surface area contributed by atoms with Crippen molar-refractivity contribution in [1.82, 2.24) is 19.8 Å². The van der Waals surface area contributed by atoms with Crippen LogP contribution >= 0.6 is 15.9 Å². The summed E-state index contributed by atoms with van der Waals surface area (Å²) in [5.74, 6) is 1.28. The highest BCUT2D eigenvalue weighted by Crippen LogP contribution is 2.25. The number of piperidine rings is 1. The molecule has 1 aliphatic rings. The number of imidazole rings is 1. The lowest BCUT2D eigenvalue weighted by atomic mass is 9.95. The smallest absolute Gasteiger partial charge is 0.223 e. The molecule has 4 aromatic rings. The minimum Gasteiger partial charge on any atom is -0.352 e. The third kappa shape index (κ3) is 5.08. The van der Waals surface area contributed by atoms with Crippen molar-refractivity contribution in [2.24, 2.45) is 5.92 Å². The van der Waals surface area contributed by atoms with Crippen molar-refractivity contribution in [3.63, 3.8) is 0 Å². The van der Waals surface area contributed by atoms with Gasteiger partial charge in [-0.3, -0.25) is 14.3 Å². The van der Waals surface area contributed by atoms with Crippen molar-refractivity contribution in [2.75, 3.05) is 13.1 Å². The fraction of sp³-hybridized carbons (Fsp3) is 0.286. The molecule has 0 bridgehead atoms. The van der Waals surface area contributed by atoms with Crippen LogP contribution in [-0.4, -0.2) is 33.4 Å². The molecular formula is C28H29BrN4O. The number of rotatable bonds is 6. The van der Waals surface area contributed by atoms with Gasteiger partial charge in [0.05, 0.1) is 17.6 Å². The van der Waals surface area contributed by atoms with Crippen LogP contribution in [0.2, 0.25) is 0 Å². The molecule has 0 radical (unpaired) electrons. The van der Waals surface area contributed by atoms with Gasteiger partial charge in [-0.25, -0.2) is 4.98 Å². The van der Waals surface area contributed by atoms with Crippen molar-refractivity contribution in [3.05, 3.63) is 94.2 Å². The van der Waals surface area contributed by atoms with Crippen LogP contribution in [0.1, 0.15) is 29.8 Å². The minimum absolute atomic E-state index is 0.0753. The number of nitrogens with one attached hydrogen (secondary N) is 1. The molecule has 6 heteroatoms. The molecule has 0 unspecified atom stereocenters. The zero-order valence-electron chi connectivity index (χ0n) is 19.4. The Morgan fingerprint density at radius 1 is 1.03 bits per heavy atom. The molecule has 34 heavy (non-hydrogen) atoms. The highest BCUT2D eigenvalue weighted by Gasteiger charge is 2.26. The maximum atomic E-state index is 12.8. The van der Waals surface area contributed by atoms with Crippen LogP contribution in [0.25, 0.3) is 16.7 Å². The number of carbonyl (C=O) groups excluding carboxylic acids is 1. The predicted octanol–water partition coefficient (Wildman–Crippen LogP) is 5.62. The van der Waals surface area contributed by atoms with Gasteiger partial charge in [-0.15, -0.1) is 0 Å². The van der Waals surface area contributed by atoms with Crippen molar-refractivity contribution in [1.29, 1.82) is 0 Å². The van der Waals surface area contributed by atoms with E-state index in [1.54, 1.807) is 0 Å². The van der Waals surface area contributed by atoms with E-state index in [-0.39, 0.29) is 11.8 Å². The summed E-state index contributed by atoms with van der Waals surface area (Å²) < 4.78 is 3.31. The second-order valence-electron chi connectivity index (χ2n) is 9.09. The first kappa shape index (κ1) is 22.8. The number of carbonyl (C=O) groups is 1. The number of amides is 1. The molecule has 1 saturated heterocycles. The fourth-order valence-corrected chi connectivity index (χ4v) is 5.03. The largest absolute Gasteiger partial charge is 0.352 e. The summed E-state index contributed by atoms with van der Waals surface area (Å²) >= 11 is 3.54. The Morgan fingerprint density at radius 2 is 1.79 bits per heavy atom. The van der Waals surface area contributed by atoms with Crippen molar-refractivity contribution < 1.29 is 4.79 Å². The molecule has 3 aromatic carbocycles. The first-order chi connectivity index (χ1) is 16.6. The molecule has 0 saturated carbocycles. The van der Waals surface area contributed by atoms with Gasteiger partial charge in [0, 0.05) is 22.6 Å². The summed E-state index contributed by atoms with van der Waals surface area (Å²) in [4.78, 5) is 20.1. The van der Waals surface area contributed by atoms with Crippen LogP contribution in [0.3, 0.4) is 0 Å². The zero-order valence-corrected chi connectivity index (χ0v) is 21.0. The van der Waals surface area contributed by atoms with E-state index in [9.17, 15) is 4.79 Å². The average Bonchev–Trinajstić information content (AvgIpc) is 3.21. The summed E-state index contributed by atoms with van der Waals surface area (Å²) in [5, 5.41) is 3.14. The van der Waals surface area contributed by atoms with Crippen molar-refractivity contribution >= 4 is 32.9 Å². The van der Waals surface area contributed by atoms with E-state index in [2.05, 4.69) is 98.3 Å². The zero-order chi connectivity index (χ0) is 23.5. The number of halogens is 1. The van der Waals surface area contributed by atoms with Gasteiger partial charge in [0.2, 0.25) is 5.91 Å². The van der Waals surface area contributed by atoms with Gasteiger partial charge < -0.3 is 5.32 Å². The van der Waals surface area contributed by atoms with Crippen LogP contribution < -0.4 is 5.32 Å². The van der Waals surface area contributed by atoms with Gasteiger partial charge >= 0.3 is 0 Å². The molecular weight excluding hydrogens is 488 g/mol. The molecule has 1 aromatic heterocycles. The molecule has 1 aliphatic heterocycles. The number of aryl methyl sites for hydroxylation is 1. The lowest BCUT2D eigenvalue weighted by molar-refractivity contribution is -0.126. The Morgan fingerprint density at radius 3 is 2.56 bits per heavy atom. The first-order valence-corrected chi connectivity index (χ1v) is 12.6. The number of fused-ring (bicyclic) bond motifs is 1. The Balaban J connectivity index is 1.24. The number of benzene rings is 3. The third-order valence-electron chi connectivity index (χ3n) is 6.59. The van der Waals surface area contributed by atoms with Gasteiger partial charge in [-0.2, -0.15) is 0 Å². The molecule has 0 aliphatic carbocycles. The summed E-state index contributed by atoms with van der Waals surface area (Å²) in [6, 6.07) is 25.0. The molecule has 1 N–H and O–H groups in total. The lowest BCUT2D eigenvalue weighted by Crippen LogP contribution is -2.40. The van der Waals surface area contributed by atoms with Gasteiger partial charge in [-0.05, 0) is 74.8 Å². The Bertz CT molecular complexity index is 1290. The maximum absolute atomic E-state index is 12.8. The highest BCUT2D eigenvalue weighted by atomic mass is 79.9. The number of hydrogen-bond acceptors (Lipinski definition) is 3. The van der Waals surface area contributed by atoms with Gasteiger partial charge in [0.25, 0.3) is 0 Å². The Hall–Kier alpha value is -2.96. The molecule has 2 heterocycles. The van der Waals surface area contributed by atoms with Gasteiger partial charge in [0.1, 0.15) is 5.82 Å². The topological polar surface area (TPSA) is 50.2 Å². The van der Waals surface area contributed by atoms with E-state index < -0.39 is 0 Å². The number of aromatic nitrogens is 2. The van der Waals surface area contributed by atoms with Crippen molar-refractivity contribution in [2.45, 2.75) is 32.9 Å². The molecule has 1 amide bonds. The quantitative estimate of drug-likeness (QED) is 0.361. The van der Waals surface area contributed by atoms with Crippen LogP contribution in [0, 0.1) is 12.8 Å². The third-order valence-corrected chi connectivity index (χ3v) is 7.12. The van der Waals surface area contributed by atoms with E-state index in [0.29, 0.717) is 6.54 Å². The summed E-state index contributed by atoms with van der Waals surface area (Å²) in [6.45, 7) is 5.23. The Kier molecular flexibility index (Phi) is 6.79. The molecule has 0 spiro atoms. The highest BCUT2D eigenvalue weighted by molar-refractivity contribution is 9.10. The fourth-order valence-electron chi connectivity index (χ4n) is 4.77. The second-order valence-corrected chi connectivity index (χ2v) is 10.0. The molecule has 174 valence electrons. The molecule has 5 rings (SSSR count). The van der Waals surface area contributed by atoms with E-state index in [1.807, 2.05) is 12.1 Å². The summed E-state index contributed by atoms with van der Waals surface area (Å²) in [6.07, 6.45) is 1.75. The SMILES string of the molecule is Cc1cccc(CNC(=O)C2CCN(Cc3nc4ccccc4n3-c3ccc(Br)cc3)CC2)c1. The van der Waals surface area contributed by atoms with Crippen LogP contribution in [0.4, 0.5) is 0 Å². The summed E-state index contributed by atoms with van der Waals surface area (Å²) in [5.41, 5.74) is 5.60. The lowest BCUT2D eigenvalue weighted by Gasteiger charge is -2.31. The molecule has 1 fully saturated rings. The summed E-state index contributed by atoms with van der Waals surface area (Å²) in [7, 11) is 0. The average molecular weight is 517 g/mol. The molecule has 0 atom stereocenters. The van der Waals surface area contributed by atoms with Crippen LogP contribution in [0.5, 0.6) is 0 Å². The van der Waals surface area contributed by atoms with E-state index >= 15 is 0 Å². The van der Waals surface area contributed by atoms with E-state index in [1.165, 1.54) is 5.56 Å². The predicted molar refractivity (Wildman–Crippen MR) is 140 cm³/mol. The van der Waals surface area contributed by atoms with Gasteiger partial charge in [-0.1, -0.05) is 57.9 Å². The normalized spacial score (nSPS) is 15.0. The number of likely N-dealkylation sites (tertiary alicyclic amines) is 1. The van der Waals surface area contributed by atoms with E-state index in [0.717, 1.165) is 65.1 Å². The van der Waals surface area contributed by atoms with E-state index in [4.69, 9.17) is 4.98 Å². The monoisotopic (exact) mass is 516 g/mol. The standard InChI is InChI=1S/C28H29BrN4O/c1-20-5-4-6-21(17-20)18-30-28(34)22-13-15-32(16-14-22)19-27-31-25-7-2-3-8-26(25)33(27)24-11-9-23(29)10-12-24/h2-12,17,22H,13-16,18-19H2,1H3,(H,30,34). The first-order valence-electron chi connectivity index (χ1n) is 11.8. The van der Waals surface area contributed by atoms with Crippen LogP contribution in [0.15, 0.2) is 77.3 Å². The number of hydrogen-bond donors (Lipinski definition) is 1. The minimum atomic E-state index is 0.0753. The number of nitrogens with zero attached hydrogens (tertiary/aromatic N) is 3. The molecule has 5 nitrogen and oxygen atoms in total. The number of para-hydroxylation sites is 2. The maximum Gasteiger partial charge on any atom is 0.223 e. The van der Waals surface area contributed by atoms with Gasteiger partial charge in [0.15, 0.2) is 0 Å². The Labute approximate surface area is 208 Å². The van der Waals surface area contributed by atoms with Crippen molar-refractivity contribution in [3.8, 4) is 5.69 Å².